The first-order valence-electron chi connectivity index (χ1n) is 12.3. The van der Waals surface area contributed by atoms with E-state index in [1.807, 2.05) is 18.9 Å². The van der Waals surface area contributed by atoms with Crippen molar-refractivity contribution in [3.8, 4) is 41.7 Å². The number of methoxy groups -OCH3 is 1. The summed E-state index contributed by atoms with van der Waals surface area (Å²) in [5.74, 6) is 6.14. The highest BCUT2D eigenvalue weighted by Gasteiger charge is 2.34. The Balaban J connectivity index is 1.60. The Morgan fingerprint density at radius 2 is 2.06 bits per heavy atom. The molecule has 2 atom stereocenters. The second-order valence-corrected chi connectivity index (χ2v) is 9.41. The number of allylic oxidation sites excluding steroid dienone is 2. The number of aryl methyl sites for hydroxylation is 2. The first-order valence-corrected chi connectivity index (χ1v) is 12.3. The third-order valence-electron chi connectivity index (χ3n) is 7.46. The highest BCUT2D eigenvalue weighted by molar-refractivity contribution is 6.01. The molecule has 0 saturated carbocycles. The van der Waals surface area contributed by atoms with Crippen LogP contribution in [0.15, 0.2) is 24.7 Å². The quantitative estimate of drug-likeness (QED) is 0.526. The molecule has 3 aromatic rings. The summed E-state index contributed by atoms with van der Waals surface area (Å²) >= 11 is 0. The molecule has 3 aromatic heterocycles. The number of rotatable bonds is 4. The fourth-order valence-corrected chi connectivity index (χ4v) is 5.61. The van der Waals surface area contributed by atoms with Crippen LogP contribution < -0.4 is 4.74 Å². The van der Waals surface area contributed by atoms with Crippen LogP contribution in [-0.2, 0) is 11.8 Å². The molecule has 1 aliphatic carbocycles. The van der Waals surface area contributed by atoms with Crippen LogP contribution in [0.5, 0.6) is 5.75 Å². The number of ether oxygens (including phenoxy) is 1. The van der Waals surface area contributed by atoms with Crippen molar-refractivity contribution >= 4 is 22.5 Å². The topological polar surface area (TPSA) is 73.1 Å². The zero-order chi connectivity index (χ0) is 25.4. The van der Waals surface area contributed by atoms with Crippen LogP contribution in [0.4, 0.5) is 0 Å². The molecule has 0 aromatic carbocycles. The fraction of sp³-hybridized carbons (Fsp3) is 0.379. The molecule has 0 bridgehead atoms. The molecule has 2 aliphatic rings. The van der Waals surface area contributed by atoms with Crippen LogP contribution in [0.1, 0.15) is 49.1 Å². The molecule has 4 heterocycles. The fourth-order valence-electron chi connectivity index (χ4n) is 5.61. The van der Waals surface area contributed by atoms with Crippen LogP contribution in [0.3, 0.4) is 0 Å². The van der Waals surface area contributed by atoms with Gasteiger partial charge < -0.3 is 14.2 Å². The van der Waals surface area contributed by atoms with E-state index in [1.54, 1.807) is 25.7 Å². The van der Waals surface area contributed by atoms with Gasteiger partial charge in [0.25, 0.3) is 0 Å². The second kappa shape index (κ2) is 9.51. The number of amides is 1. The predicted octanol–water partition coefficient (Wildman–Crippen LogP) is 4.14. The lowest BCUT2D eigenvalue weighted by Gasteiger charge is -2.28. The van der Waals surface area contributed by atoms with Crippen LogP contribution >= 0.6 is 0 Å². The molecule has 0 spiro atoms. The Bertz CT molecular complexity index is 1470. The number of carbonyl (C=O) groups is 1. The number of fused-ring (bicyclic) bond motifs is 1. The maximum absolute atomic E-state index is 13.3. The highest BCUT2D eigenvalue weighted by Crippen LogP contribution is 2.44. The number of likely N-dealkylation sites (tertiary alicyclic amines) is 1. The van der Waals surface area contributed by atoms with Crippen LogP contribution in [-0.4, -0.2) is 50.0 Å². The monoisotopic (exact) mass is 479 g/mol. The number of hydrogen-bond acceptors (Lipinski definition) is 5. The molecule has 36 heavy (non-hydrogen) atoms. The third kappa shape index (κ3) is 3.82. The SMILES string of the molecule is C#Cc1cc(OC)c(-c2c(C3=CCC(C(=O)N4CCCC4C#C)CC3)c3c(C)ncnc3n2C)cn1. The van der Waals surface area contributed by atoms with E-state index in [1.165, 1.54) is 5.57 Å². The summed E-state index contributed by atoms with van der Waals surface area (Å²) in [5.41, 5.74) is 6.27. The largest absolute Gasteiger partial charge is 0.496 e. The summed E-state index contributed by atoms with van der Waals surface area (Å²) in [5, 5.41) is 1.00. The van der Waals surface area contributed by atoms with E-state index in [9.17, 15) is 4.79 Å². The molecule has 5 rings (SSSR count). The van der Waals surface area contributed by atoms with Gasteiger partial charge >= 0.3 is 0 Å². The van der Waals surface area contributed by atoms with Crippen molar-refractivity contribution in [1.82, 2.24) is 24.4 Å². The lowest BCUT2D eigenvalue weighted by Crippen LogP contribution is -2.39. The molecular weight excluding hydrogens is 450 g/mol. The average Bonchev–Trinajstić information content (AvgIpc) is 3.51. The zero-order valence-corrected chi connectivity index (χ0v) is 20.9. The Morgan fingerprint density at radius 1 is 1.22 bits per heavy atom. The standard InChI is InChI=1S/C29H29N5O2/c1-6-21-15-24(36-5)23(16-30-21)27-26(25-18(3)31-17-32-28(25)33(27)4)19-10-12-20(13-11-19)29(35)34-14-8-9-22(34)7-2/h1-2,10,15-17,20,22H,8-9,11-14H2,3-5H3. The summed E-state index contributed by atoms with van der Waals surface area (Å²) < 4.78 is 7.79. The predicted molar refractivity (Wildman–Crippen MR) is 140 cm³/mol. The van der Waals surface area contributed by atoms with E-state index in [2.05, 4.69) is 37.4 Å². The number of aromatic nitrogens is 4. The van der Waals surface area contributed by atoms with Gasteiger partial charge in [-0.3, -0.25) is 4.79 Å². The highest BCUT2D eigenvalue weighted by atomic mass is 16.5. The minimum absolute atomic E-state index is 0.0513. The van der Waals surface area contributed by atoms with Gasteiger partial charge in [-0.15, -0.1) is 12.8 Å². The van der Waals surface area contributed by atoms with E-state index in [0.717, 1.165) is 65.8 Å². The lowest BCUT2D eigenvalue weighted by atomic mass is 9.84. The van der Waals surface area contributed by atoms with E-state index in [-0.39, 0.29) is 17.9 Å². The third-order valence-corrected chi connectivity index (χ3v) is 7.46. The van der Waals surface area contributed by atoms with Gasteiger partial charge in [-0.1, -0.05) is 17.9 Å². The molecule has 0 N–H and O–H groups in total. The van der Waals surface area contributed by atoms with Crippen LogP contribution in [0, 0.1) is 37.5 Å². The van der Waals surface area contributed by atoms with Gasteiger partial charge in [0, 0.05) is 42.7 Å². The maximum Gasteiger partial charge on any atom is 0.227 e. The van der Waals surface area contributed by atoms with Crippen molar-refractivity contribution in [3.63, 3.8) is 0 Å². The Labute approximate surface area is 211 Å². The summed E-state index contributed by atoms with van der Waals surface area (Å²) in [4.78, 5) is 28.7. The van der Waals surface area contributed by atoms with Crippen molar-refractivity contribution in [2.75, 3.05) is 13.7 Å². The molecule has 1 saturated heterocycles. The number of carbonyl (C=O) groups excluding carboxylic acids is 1. The molecule has 7 heteroatoms. The molecule has 0 radical (unpaired) electrons. The zero-order valence-electron chi connectivity index (χ0n) is 20.9. The molecule has 1 amide bonds. The van der Waals surface area contributed by atoms with Gasteiger partial charge in [-0.05, 0) is 44.6 Å². The van der Waals surface area contributed by atoms with Gasteiger partial charge in [0.1, 0.15) is 23.4 Å². The van der Waals surface area contributed by atoms with E-state index in [0.29, 0.717) is 17.9 Å². The van der Waals surface area contributed by atoms with Crippen LogP contribution in [0.2, 0.25) is 0 Å². The number of pyridine rings is 1. The number of terminal acetylenes is 2. The van der Waals surface area contributed by atoms with E-state index >= 15 is 0 Å². The minimum atomic E-state index is -0.0710. The molecule has 7 nitrogen and oxygen atoms in total. The van der Waals surface area contributed by atoms with E-state index in [4.69, 9.17) is 17.6 Å². The van der Waals surface area contributed by atoms with Crippen LogP contribution in [0.25, 0.3) is 27.9 Å². The summed E-state index contributed by atoms with van der Waals surface area (Å²) in [6, 6.07) is 1.70. The van der Waals surface area contributed by atoms with Crippen molar-refractivity contribution in [3.05, 3.63) is 41.6 Å². The Morgan fingerprint density at radius 3 is 2.75 bits per heavy atom. The summed E-state index contributed by atoms with van der Waals surface area (Å²) in [6.07, 6.45) is 20.9. The van der Waals surface area contributed by atoms with Crippen molar-refractivity contribution in [1.29, 1.82) is 0 Å². The maximum atomic E-state index is 13.3. The minimum Gasteiger partial charge on any atom is -0.496 e. The normalized spacial score (nSPS) is 19.6. The number of nitrogens with zero attached hydrogens (tertiary/aromatic N) is 5. The Kier molecular flexibility index (Phi) is 6.24. The molecule has 1 aliphatic heterocycles. The smallest absolute Gasteiger partial charge is 0.227 e. The average molecular weight is 480 g/mol. The van der Waals surface area contributed by atoms with Gasteiger partial charge in [-0.2, -0.15) is 0 Å². The Hall–Kier alpha value is -4.10. The molecule has 182 valence electrons. The first-order chi connectivity index (χ1) is 17.5. The summed E-state index contributed by atoms with van der Waals surface area (Å²) in [7, 11) is 3.62. The first kappa shape index (κ1) is 23.6. The van der Waals surface area contributed by atoms with Gasteiger partial charge in [0.05, 0.1) is 30.1 Å². The summed E-state index contributed by atoms with van der Waals surface area (Å²) in [6.45, 7) is 2.75. The molecule has 1 fully saturated rings. The van der Waals surface area contributed by atoms with E-state index < -0.39 is 0 Å². The molecule has 2 unspecified atom stereocenters. The van der Waals surface area contributed by atoms with Gasteiger partial charge in [0.15, 0.2) is 0 Å². The number of hydrogen-bond donors (Lipinski definition) is 0. The van der Waals surface area contributed by atoms with Crippen molar-refractivity contribution in [2.24, 2.45) is 13.0 Å². The van der Waals surface area contributed by atoms with Gasteiger partial charge in [-0.25, -0.2) is 15.0 Å². The second-order valence-electron chi connectivity index (χ2n) is 9.41. The molecular formula is C29H29N5O2. The van der Waals surface area contributed by atoms with Crippen molar-refractivity contribution in [2.45, 2.75) is 45.1 Å². The van der Waals surface area contributed by atoms with Gasteiger partial charge in [0.2, 0.25) is 5.91 Å². The lowest BCUT2D eigenvalue weighted by molar-refractivity contribution is -0.135. The van der Waals surface area contributed by atoms with Crippen molar-refractivity contribution < 1.29 is 9.53 Å².